The van der Waals surface area contributed by atoms with Crippen LogP contribution in [-0.4, -0.2) is 54.1 Å². The molecule has 4 heteroatoms. The average molecular weight is 292 g/mol. The molecular formula is C17H28N2O2. The van der Waals surface area contributed by atoms with E-state index in [0.29, 0.717) is 13.1 Å². The Bertz CT molecular complexity index is 395. The lowest BCUT2D eigenvalue weighted by Gasteiger charge is -2.24. The van der Waals surface area contributed by atoms with Crippen molar-refractivity contribution in [1.29, 1.82) is 0 Å². The molecule has 1 amide bonds. The van der Waals surface area contributed by atoms with E-state index in [4.69, 9.17) is 5.11 Å². The number of nitrogens with zero attached hydrogens (tertiary/aromatic N) is 2. The van der Waals surface area contributed by atoms with Gasteiger partial charge in [0.2, 0.25) is 5.91 Å². The highest BCUT2D eigenvalue weighted by Gasteiger charge is 2.14. The summed E-state index contributed by atoms with van der Waals surface area (Å²) in [6.07, 6.45) is 2.88. The predicted octanol–water partition coefficient (Wildman–Crippen LogP) is 2.13. The van der Waals surface area contributed by atoms with Crippen molar-refractivity contribution in [1.82, 2.24) is 9.80 Å². The fraction of sp³-hybridized carbons (Fsp3) is 0.588. The van der Waals surface area contributed by atoms with Crippen LogP contribution in [-0.2, 0) is 11.3 Å². The zero-order valence-corrected chi connectivity index (χ0v) is 13.3. The third-order valence-electron chi connectivity index (χ3n) is 3.55. The smallest absolute Gasteiger partial charge is 0.237 e. The molecule has 21 heavy (non-hydrogen) atoms. The fourth-order valence-corrected chi connectivity index (χ4v) is 2.26. The Morgan fingerprint density at radius 3 is 2.48 bits per heavy atom. The number of hydrogen-bond donors (Lipinski definition) is 1. The van der Waals surface area contributed by atoms with E-state index >= 15 is 0 Å². The summed E-state index contributed by atoms with van der Waals surface area (Å²) in [6, 6.07) is 10.1. The van der Waals surface area contributed by atoms with Crippen LogP contribution in [0.25, 0.3) is 0 Å². The number of benzene rings is 1. The molecule has 0 aliphatic rings. The van der Waals surface area contributed by atoms with Crippen molar-refractivity contribution in [3.05, 3.63) is 35.9 Å². The molecular weight excluding hydrogens is 264 g/mol. The lowest BCUT2D eigenvalue weighted by Crippen LogP contribution is -2.38. The Balaban J connectivity index is 2.37. The summed E-state index contributed by atoms with van der Waals surface area (Å²) in [5, 5.41) is 8.75. The summed E-state index contributed by atoms with van der Waals surface area (Å²) < 4.78 is 0. The van der Waals surface area contributed by atoms with Gasteiger partial charge >= 0.3 is 0 Å². The third kappa shape index (κ3) is 7.25. The van der Waals surface area contributed by atoms with Crippen LogP contribution in [0.15, 0.2) is 30.3 Å². The van der Waals surface area contributed by atoms with E-state index in [2.05, 4.69) is 17.0 Å². The highest BCUT2D eigenvalue weighted by molar-refractivity contribution is 5.78. The first kappa shape index (κ1) is 17.7. The average Bonchev–Trinajstić information content (AvgIpc) is 2.50. The maximum Gasteiger partial charge on any atom is 0.237 e. The van der Waals surface area contributed by atoms with E-state index in [-0.39, 0.29) is 12.5 Å². The Morgan fingerprint density at radius 1 is 1.14 bits per heavy atom. The normalized spacial score (nSPS) is 10.9. The minimum atomic E-state index is 0.172. The topological polar surface area (TPSA) is 43.8 Å². The maximum atomic E-state index is 12.3. The number of rotatable bonds is 10. The van der Waals surface area contributed by atoms with E-state index in [0.717, 1.165) is 32.4 Å². The molecule has 0 atom stereocenters. The molecule has 1 rings (SSSR count). The monoisotopic (exact) mass is 292 g/mol. The highest BCUT2D eigenvalue weighted by atomic mass is 16.2. The van der Waals surface area contributed by atoms with Crippen molar-refractivity contribution in [2.24, 2.45) is 0 Å². The Hall–Kier alpha value is -1.39. The van der Waals surface area contributed by atoms with E-state index in [1.807, 2.05) is 37.1 Å². The van der Waals surface area contributed by atoms with Gasteiger partial charge < -0.3 is 10.0 Å². The van der Waals surface area contributed by atoms with Crippen LogP contribution in [0, 0.1) is 0 Å². The van der Waals surface area contributed by atoms with E-state index in [9.17, 15) is 4.79 Å². The zero-order chi connectivity index (χ0) is 15.5. The van der Waals surface area contributed by atoms with Gasteiger partial charge in [-0.05, 0) is 45.3 Å². The van der Waals surface area contributed by atoms with Gasteiger partial charge in [0.1, 0.15) is 0 Å². The summed E-state index contributed by atoms with van der Waals surface area (Å²) in [5.41, 5.74) is 1.17. The molecule has 0 fully saturated rings. The first-order valence-electron chi connectivity index (χ1n) is 7.78. The molecule has 0 aliphatic heterocycles. The minimum Gasteiger partial charge on any atom is -0.396 e. The number of carbonyl (C=O) groups is 1. The number of carbonyl (C=O) groups excluding carboxylic acids is 1. The van der Waals surface area contributed by atoms with Crippen molar-refractivity contribution in [3.8, 4) is 0 Å². The Morgan fingerprint density at radius 2 is 1.86 bits per heavy atom. The molecule has 1 N–H and O–H groups in total. The van der Waals surface area contributed by atoms with Crippen LogP contribution in [0.1, 0.15) is 31.7 Å². The number of aliphatic hydroxyl groups excluding tert-OH is 1. The van der Waals surface area contributed by atoms with Gasteiger partial charge in [0, 0.05) is 19.7 Å². The first-order chi connectivity index (χ1) is 10.2. The van der Waals surface area contributed by atoms with Crippen LogP contribution in [0.5, 0.6) is 0 Å². The number of unbranched alkanes of at least 4 members (excludes halogenated alkanes) is 2. The Kier molecular flexibility index (Phi) is 8.71. The van der Waals surface area contributed by atoms with Gasteiger partial charge in [-0.2, -0.15) is 0 Å². The highest BCUT2D eigenvalue weighted by Crippen LogP contribution is 2.05. The summed E-state index contributed by atoms with van der Waals surface area (Å²) in [7, 11) is 1.98. The van der Waals surface area contributed by atoms with Crippen molar-refractivity contribution in [3.63, 3.8) is 0 Å². The second kappa shape index (κ2) is 10.4. The number of aliphatic hydroxyl groups is 1. The van der Waals surface area contributed by atoms with Gasteiger partial charge in [0.15, 0.2) is 0 Å². The van der Waals surface area contributed by atoms with E-state index in [1.165, 1.54) is 5.56 Å². The van der Waals surface area contributed by atoms with Gasteiger partial charge in [0.25, 0.3) is 0 Å². The SMILES string of the molecule is CCN(Cc1ccccc1)C(=O)CN(C)CCCCCO. The first-order valence-corrected chi connectivity index (χ1v) is 7.78. The minimum absolute atomic E-state index is 0.172. The molecule has 1 aromatic carbocycles. The molecule has 1 aromatic rings. The molecule has 0 radical (unpaired) electrons. The molecule has 0 unspecified atom stereocenters. The summed E-state index contributed by atoms with van der Waals surface area (Å²) in [5.74, 6) is 0.172. The van der Waals surface area contributed by atoms with Gasteiger partial charge in [-0.25, -0.2) is 0 Å². The number of hydrogen-bond acceptors (Lipinski definition) is 3. The third-order valence-corrected chi connectivity index (χ3v) is 3.55. The van der Waals surface area contributed by atoms with Gasteiger partial charge in [-0.3, -0.25) is 9.69 Å². The Labute approximate surface area is 128 Å². The van der Waals surface area contributed by atoms with Gasteiger partial charge in [0.05, 0.1) is 6.54 Å². The molecule has 118 valence electrons. The molecule has 0 saturated carbocycles. The maximum absolute atomic E-state index is 12.3. The van der Waals surface area contributed by atoms with E-state index in [1.54, 1.807) is 0 Å². The van der Waals surface area contributed by atoms with Crippen molar-refractivity contribution < 1.29 is 9.90 Å². The molecule has 0 bridgehead atoms. The molecule has 0 aromatic heterocycles. The van der Waals surface area contributed by atoms with Crippen LogP contribution in [0.2, 0.25) is 0 Å². The molecule has 0 saturated heterocycles. The van der Waals surface area contributed by atoms with Crippen LogP contribution in [0.3, 0.4) is 0 Å². The lowest BCUT2D eigenvalue weighted by molar-refractivity contribution is -0.132. The largest absolute Gasteiger partial charge is 0.396 e. The second-order valence-electron chi connectivity index (χ2n) is 5.42. The summed E-state index contributed by atoms with van der Waals surface area (Å²) in [4.78, 5) is 16.3. The van der Waals surface area contributed by atoms with Gasteiger partial charge in [-0.1, -0.05) is 30.3 Å². The second-order valence-corrected chi connectivity index (χ2v) is 5.42. The number of likely N-dealkylation sites (N-methyl/N-ethyl adjacent to an activating group) is 2. The number of amides is 1. The van der Waals surface area contributed by atoms with Crippen molar-refractivity contribution >= 4 is 5.91 Å². The molecule has 4 nitrogen and oxygen atoms in total. The molecule has 0 aliphatic carbocycles. The standard InChI is InChI=1S/C17H28N2O2/c1-3-19(14-16-10-6-4-7-11-16)17(21)15-18(2)12-8-5-9-13-20/h4,6-7,10-11,20H,3,5,8-9,12-15H2,1-2H3. The summed E-state index contributed by atoms with van der Waals surface area (Å²) >= 11 is 0. The predicted molar refractivity (Wildman–Crippen MR) is 86.0 cm³/mol. The van der Waals surface area contributed by atoms with E-state index < -0.39 is 0 Å². The lowest BCUT2D eigenvalue weighted by atomic mass is 10.2. The van der Waals surface area contributed by atoms with Crippen LogP contribution in [0.4, 0.5) is 0 Å². The van der Waals surface area contributed by atoms with Gasteiger partial charge in [-0.15, -0.1) is 0 Å². The van der Waals surface area contributed by atoms with Crippen LogP contribution >= 0.6 is 0 Å². The van der Waals surface area contributed by atoms with Crippen LogP contribution < -0.4 is 0 Å². The van der Waals surface area contributed by atoms with Crippen molar-refractivity contribution in [2.45, 2.75) is 32.7 Å². The zero-order valence-electron chi connectivity index (χ0n) is 13.3. The quantitative estimate of drug-likeness (QED) is 0.672. The molecule has 0 spiro atoms. The summed E-state index contributed by atoms with van der Waals surface area (Å²) in [6.45, 7) is 5.03. The molecule has 0 heterocycles. The fourth-order valence-electron chi connectivity index (χ4n) is 2.26. The van der Waals surface area contributed by atoms with Crippen molar-refractivity contribution in [2.75, 3.05) is 33.3 Å².